The summed E-state index contributed by atoms with van der Waals surface area (Å²) < 4.78 is 5.46. The van der Waals surface area contributed by atoms with E-state index in [-0.39, 0.29) is 36.8 Å². The van der Waals surface area contributed by atoms with Gasteiger partial charge >= 0.3 is 0 Å². The smallest absolute Gasteiger partial charge is 0.233 e. The summed E-state index contributed by atoms with van der Waals surface area (Å²) in [6, 6.07) is 4.79. The van der Waals surface area contributed by atoms with Crippen LogP contribution in [-0.2, 0) is 9.59 Å². The van der Waals surface area contributed by atoms with Gasteiger partial charge in [-0.25, -0.2) is 0 Å². The van der Waals surface area contributed by atoms with Crippen LogP contribution < -0.4 is 4.74 Å². The number of hydrogen-bond donors (Lipinski definition) is 1. The number of β-amino-alcohol motifs (C(OH)–C–C–N with tert-alkyl or cyclic N) is 1. The lowest BCUT2D eigenvalue weighted by atomic mass is 9.81. The van der Waals surface area contributed by atoms with Crippen molar-refractivity contribution in [1.29, 1.82) is 0 Å². The molecule has 3 rings (SSSR count). The second-order valence-corrected chi connectivity index (χ2v) is 7.17. The van der Waals surface area contributed by atoms with Crippen LogP contribution in [0.25, 0.3) is 0 Å². The standard InChI is InChI=1S/C17H19Cl2NO4/c18-10-5-6-15(14(19)7-10)24-9-11(21)8-20-16(22)12-3-1-2-4-13(12)17(20)23/h5-7,11-13,21H,1-4,8-9H2. The van der Waals surface area contributed by atoms with Crippen molar-refractivity contribution in [3.63, 3.8) is 0 Å². The Labute approximate surface area is 150 Å². The molecule has 1 aliphatic carbocycles. The van der Waals surface area contributed by atoms with E-state index < -0.39 is 6.10 Å². The number of likely N-dealkylation sites (tertiary alicyclic amines) is 1. The van der Waals surface area contributed by atoms with Gasteiger partial charge in [-0.2, -0.15) is 0 Å². The van der Waals surface area contributed by atoms with E-state index in [0.717, 1.165) is 25.7 Å². The fraction of sp³-hybridized carbons (Fsp3) is 0.529. The van der Waals surface area contributed by atoms with Crippen molar-refractivity contribution >= 4 is 35.0 Å². The summed E-state index contributed by atoms with van der Waals surface area (Å²) in [6.07, 6.45) is 2.52. The lowest BCUT2D eigenvalue weighted by molar-refractivity contribution is -0.141. The van der Waals surface area contributed by atoms with Crippen molar-refractivity contribution in [3.8, 4) is 5.75 Å². The molecule has 0 aromatic heterocycles. The first-order chi connectivity index (χ1) is 11.5. The number of carbonyl (C=O) groups excluding carboxylic acids is 2. The Bertz CT molecular complexity index is 627. The molecule has 3 unspecified atom stereocenters. The largest absolute Gasteiger partial charge is 0.489 e. The molecule has 0 radical (unpaired) electrons. The van der Waals surface area contributed by atoms with Crippen LogP contribution in [-0.4, -0.2) is 41.1 Å². The molecule has 0 bridgehead atoms. The van der Waals surface area contributed by atoms with Crippen molar-refractivity contribution in [2.45, 2.75) is 31.8 Å². The first-order valence-corrected chi connectivity index (χ1v) is 8.84. The zero-order valence-corrected chi connectivity index (χ0v) is 14.6. The Hall–Kier alpha value is -1.30. The molecule has 1 aromatic rings. The maximum atomic E-state index is 12.4. The normalized spacial score (nSPS) is 24.9. The minimum Gasteiger partial charge on any atom is -0.489 e. The summed E-state index contributed by atoms with van der Waals surface area (Å²) in [4.78, 5) is 25.9. The monoisotopic (exact) mass is 371 g/mol. The second-order valence-electron chi connectivity index (χ2n) is 6.32. The van der Waals surface area contributed by atoms with Crippen LogP contribution >= 0.6 is 23.2 Å². The van der Waals surface area contributed by atoms with Gasteiger partial charge in [-0.1, -0.05) is 36.0 Å². The van der Waals surface area contributed by atoms with Crippen molar-refractivity contribution in [1.82, 2.24) is 4.90 Å². The van der Waals surface area contributed by atoms with E-state index in [2.05, 4.69) is 0 Å². The number of fused-ring (bicyclic) bond motifs is 1. The Morgan fingerprint density at radius 2 is 1.79 bits per heavy atom. The maximum absolute atomic E-state index is 12.4. The van der Waals surface area contributed by atoms with E-state index in [4.69, 9.17) is 27.9 Å². The summed E-state index contributed by atoms with van der Waals surface area (Å²) in [5, 5.41) is 11.0. The van der Waals surface area contributed by atoms with Gasteiger partial charge in [0.1, 0.15) is 18.5 Å². The van der Waals surface area contributed by atoms with Crippen LogP contribution in [0, 0.1) is 11.8 Å². The second kappa shape index (κ2) is 7.30. The molecular formula is C17H19Cl2NO4. The third-order valence-corrected chi connectivity index (χ3v) is 5.18. The van der Waals surface area contributed by atoms with Gasteiger partial charge in [0.15, 0.2) is 0 Å². The van der Waals surface area contributed by atoms with Crippen LogP contribution in [0.2, 0.25) is 10.0 Å². The van der Waals surface area contributed by atoms with Gasteiger partial charge in [0, 0.05) is 5.02 Å². The molecule has 2 fully saturated rings. The number of aliphatic hydroxyl groups is 1. The Kier molecular flexibility index (Phi) is 5.33. The number of ether oxygens (including phenoxy) is 1. The molecular weight excluding hydrogens is 353 g/mol. The molecule has 5 nitrogen and oxygen atoms in total. The highest BCUT2D eigenvalue weighted by Crippen LogP contribution is 2.38. The molecule has 24 heavy (non-hydrogen) atoms. The number of nitrogens with zero attached hydrogens (tertiary/aromatic N) is 1. The molecule has 1 aromatic carbocycles. The number of carbonyl (C=O) groups is 2. The molecule has 2 aliphatic rings. The zero-order chi connectivity index (χ0) is 17.3. The summed E-state index contributed by atoms with van der Waals surface area (Å²) in [7, 11) is 0. The van der Waals surface area contributed by atoms with Crippen LogP contribution in [0.1, 0.15) is 25.7 Å². The van der Waals surface area contributed by atoms with Gasteiger partial charge in [0.25, 0.3) is 0 Å². The predicted molar refractivity (Wildman–Crippen MR) is 90.1 cm³/mol. The van der Waals surface area contributed by atoms with Gasteiger partial charge in [-0.05, 0) is 31.0 Å². The minimum absolute atomic E-state index is 0.0458. The van der Waals surface area contributed by atoms with Crippen LogP contribution in [0.5, 0.6) is 5.75 Å². The number of halogens is 2. The molecule has 0 spiro atoms. The van der Waals surface area contributed by atoms with Gasteiger partial charge in [-0.3, -0.25) is 14.5 Å². The Balaban J connectivity index is 1.57. The summed E-state index contributed by atoms with van der Waals surface area (Å²) in [5.74, 6) is -0.329. The van der Waals surface area contributed by atoms with Gasteiger partial charge in [0.2, 0.25) is 11.8 Å². The molecule has 1 saturated carbocycles. The van der Waals surface area contributed by atoms with Crippen LogP contribution in [0.4, 0.5) is 0 Å². The lowest BCUT2D eigenvalue weighted by Gasteiger charge is -2.19. The highest BCUT2D eigenvalue weighted by atomic mass is 35.5. The number of hydrogen-bond acceptors (Lipinski definition) is 4. The van der Waals surface area contributed by atoms with Crippen molar-refractivity contribution in [2.24, 2.45) is 11.8 Å². The molecule has 3 atom stereocenters. The van der Waals surface area contributed by atoms with E-state index in [1.807, 2.05) is 0 Å². The first kappa shape index (κ1) is 17.5. The maximum Gasteiger partial charge on any atom is 0.233 e. The molecule has 130 valence electrons. The number of benzene rings is 1. The third kappa shape index (κ3) is 3.53. The fourth-order valence-corrected chi connectivity index (χ4v) is 3.92. The van der Waals surface area contributed by atoms with Gasteiger partial charge in [-0.15, -0.1) is 0 Å². The number of rotatable bonds is 5. The molecule has 1 saturated heterocycles. The topological polar surface area (TPSA) is 66.8 Å². The van der Waals surface area contributed by atoms with E-state index in [0.29, 0.717) is 15.8 Å². The van der Waals surface area contributed by atoms with Crippen LogP contribution in [0.15, 0.2) is 18.2 Å². The number of imide groups is 1. The lowest BCUT2D eigenvalue weighted by Crippen LogP contribution is -2.40. The van der Waals surface area contributed by atoms with Crippen LogP contribution in [0.3, 0.4) is 0 Å². The Morgan fingerprint density at radius 3 is 2.38 bits per heavy atom. The minimum atomic E-state index is -0.968. The fourth-order valence-electron chi connectivity index (χ4n) is 3.45. The van der Waals surface area contributed by atoms with Crippen molar-refractivity contribution < 1.29 is 19.4 Å². The van der Waals surface area contributed by atoms with E-state index >= 15 is 0 Å². The summed E-state index contributed by atoms with van der Waals surface area (Å²) in [5.41, 5.74) is 0. The number of aliphatic hydroxyl groups excluding tert-OH is 1. The molecule has 2 amide bonds. The SMILES string of the molecule is O=C1C2CCCCC2C(=O)N1CC(O)COc1ccc(Cl)cc1Cl. The van der Waals surface area contributed by atoms with Gasteiger partial charge < -0.3 is 9.84 Å². The van der Waals surface area contributed by atoms with Gasteiger partial charge in [0.05, 0.1) is 23.4 Å². The molecule has 1 aliphatic heterocycles. The molecule has 1 heterocycles. The average Bonchev–Trinajstić information content (AvgIpc) is 2.79. The van der Waals surface area contributed by atoms with E-state index in [1.54, 1.807) is 18.2 Å². The third-order valence-electron chi connectivity index (χ3n) is 4.65. The van der Waals surface area contributed by atoms with Crippen molar-refractivity contribution in [2.75, 3.05) is 13.2 Å². The molecule has 1 N–H and O–H groups in total. The first-order valence-electron chi connectivity index (χ1n) is 8.08. The highest BCUT2D eigenvalue weighted by molar-refractivity contribution is 6.35. The highest BCUT2D eigenvalue weighted by Gasteiger charge is 2.48. The summed E-state index contributed by atoms with van der Waals surface area (Å²) in [6.45, 7) is -0.108. The van der Waals surface area contributed by atoms with E-state index in [1.165, 1.54) is 4.90 Å². The number of amides is 2. The van der Waals surface area contributed by atoms with E-state index in [9.17, 15) is 14.7 Å². The summed E-state index contributed by atoms with van der Waals surface area (Å²) >= 11 is 11.8. The van der Waals surface area contributed by atoms with Crippen molar-refractivity contribution in [3.05, 3.63) is 28.2 Å². The average molecular weight is 372 g/mol. The predicted octanol–water partition coefficient (Wildman–Crippen LogP) is 2.91. The zero-order valence-electron chi connectivity index (χ0n) is 13.1. The quantitative estimate of drug-likeness (QED) is 0.808. The molecule has 7 heteroatoms. The Morgan fingerprint density at radius 1 is 1.17 bits per heavy atom.